The van der Waals surface area contributed by atoms with Gasteiger partial charge in [0.15, 0.2) is 0 Å². The summed E-state index contributed by atoms with van der Waals surface area (Å²) >= 11 is 5.16. The molecule has 1 aliphatic carbocycles. The average molecular weight is 370 g/mol. The van der Waals surface area contributed by atoms with E-state index in [0.29, 0.717) is 3.63 Å². The fourth-order valence-electron chi connectivity index (χ4n) is 1.64. The van der Waals surface area contributed by atoms with Crippen LogP contribution in [0.1, 0.15) is 21.7 Å². The molecule has 1 aromatic carbocycles. The second kappa shape index (κ2) is 5.84. The largest absolute Gasteiger partial charge is 1.00 e. The predicted octanol–water partition coefficient (Wildman–Crippen LogP) is -2.54. The first-order valence-electron chi connectivity index (χ1n) is 3.88. The van der Waals surface area contributed by atoms with Gasteiger partial charge in [0, 0.05) is 0 Å². The molecule has 14 heavy (non-hydrogen) atoms. The number of benzene rings is 1. The van der Waals surface area contributed by atoms with Crippen molar-refractivity contribution in [2.45, 2.75) is 10.5 Å². The maximum absolute atomic E-state index is 3.58. The van der Waals surface area contributed by atoms with E-state index in [2.05, 4.69) is 47.1 Å². The van der Waals surface area contributed by atoms with E-state index in [1.54, 1.807) is 24.7 Å². The Kier molecular flexibility index (Phi) is 6.22. The van der Waals surface area contributed by atoms with Gasteiger partial charge < -0.3 is 24.8 Å². The van der Waals surface area contributed by atoms with Crippen molar-refractivity contribution < 1.29 is 49.5 Å². The van der Waals surface area contributed by atoms with E-state index in [1.807, 2.05) is 0 Å². The third kappa shape index (κ3) is 2.53. The molecule has 0 saturated heterocycles. The fourth-order valence-corrected chi connectivity index (χ4v) is 3.54. The van der Waals surface area contributed by atoms with Gasteiger partial charge in [0.2, 0.25) is 0 Å². The predicted molar refractivity (Wildman–Crippen MR) is 50.5 cm³/mol. The van der Waals surface area contributed by atoms with Gasteiger partial charge in [-0.25, -0.2) is 0 Å². The van der Waals surface area contributed by atoms with Crippen molar-refractivity contribution in [2.75, 3.05) is 0 Å². The number of fused-ring (bicyclic) bond motifs is 1. The van der Waals surface area contributed by atoms with Gasteiger partial charge in [-0.1, -0.05) is 0 Å². The smallest absolute Gasteiger partial charge is 1.00 e. The standard InChI is InChI=1S/C10H8Br.2ClH.Zr/c1-7-5-6-8-3-2-4-9(11)10(7)8;;;/h2-6H,1H3;2*1H;/q;;;+2/p-2. The van der Waals surface area contributed by atoms with Crippen LogP contribution < -0.4 is 24.8 Å². The molecule has 1 aliphatic rings. The normalized spacial score (nSPS) is 17.7. The van der Waals surface area contributed by atoms with E-state index in [-0.39, 0.29) is 24.8 Å². The molecule has 0 nitrogen and oxygen atoms in total. The topological polar surface area (TPSA) is 0 Å². The van der Waals surface area contributed by atoms with Gasteiger partial charge in [0.1, 0.15) is 0 Å². The summed E-state index contributed by atoms with van der Waals surface area (Å²) in [5, 5.41) is 0. The molecule has 73 valence electrons. The van der Waals surface area contributed by atoms with Crippen molar-refractivity contribution in [2.24, 2.45) is 0 Å². The molecule has 0 heterocycles. The van der Waals surface area contributed by atoms with Crippen LogP contribution in [0.5, 0.6) is 0 Å². The molecule has 4 heteroatoms. The Morgan fingerprint density at radius 2 is 1.93 bits per heavy atom. The van der Waals surface area contributed by atoms with Gasteiger partial charge in [-0.3, -0.25) is 0 Å². The minimum Gasteiger partial charge on any atom is -1.00 e. The first-order valence-corrected chi connectivity index (χ1v) is 6.09. The molecular weight excluding hydrogens is 362 g/mol. The minimum absolute atomic E-state index is 0. The number of hydrogen-bond acceptors (Lipinski definition) is 0. The monoisotopic (exact) mass is 367 g/mol. The van der Waals surface area contributed by atoms with Gasteiger partial charge in [0.05, 0.1) is 0 Å². The van der Waals surface area contributed by atoms with E-state index in [4.69, 9.17) is 0 Å². The fraction of sp³-hybridized carbons (Fsp3) is 0.200. The van der Waals surface area contributed by atoms with Gasteiger partial charge in [0.25, 0.3) is 0 Å². The van der Waals surface area contributed by atoms with Crippen LogP contribution in [0, 0.1) is 0 Å². The SMILES string of the molecule is CC1=C[CH]([Zr+2])c2cccc(Br)c21.[Cl-].[Cl-]. The van der Waals surface area contributed by atoms with Crippen LogP contribution in [-0.4, -0.2) is 0 Å². The summed E-state index contributed by atoms with van der Waals surface area (Å²) in [7, 11) is 0. The van der Waals surface area contributed by atoms with E-state index < -0.39 is 0 Å². The second-order valence-electron chi connectivity index (χ2n) is 3.03. The molecular formula is C10H8BrCl2Zr. The molecule has 0 radical (unpaired) electrons. The Morgan fingerprint density at radius 3 is 2.50 bits per heavy atom. The first-order chi connectivity index (χ1) is 5.70. The van der Waals surface area contributed by atoms with Crippen LogP contribution in [0.25, 0.3) is 5.57 Å². The maximum atomic E-state index is 3.58. The van der Waals surface area contributed by atoms with Crippen LogP contribution in [0.4, 0.5) is 0 Å². The summed E-state index contributed by atoms with van der Waals surface area (Å²) in [6.07, 6.45) is 2.35. The van der Waals surface area contributed by atoms with Gasteiger partial charge >= 0.3 is 96.6 Å². The van der Waals surface area contributed by atoms with Crippen LogP contribution in [-0.2, 0) is 24.7 Å². The maximum Gasteiger partial charge on any atom is -1.00 e. The molecule has 1 unspecified atom stereocenters. The van der Waals surface area contributed by atoms with Crippen molar-refractivity contribution in [3.8, 4) is 0 Å². The van der Waals surface area contributed by atoms with E-state index in [9.17, 15) is 0 Å². The summed E-state index contributed by atoms with van der Waals surface area (Å²) in [6, 6.07) is 6.46. The molecule has 0 saturated carbocycles. The van der Waals surface area contributed by atoms with Crippen molar-refractivity contribution in [1.29, 1.82) is 0 Å². The van der Waals surface area contributed by atoms with Crippen LogP contribution in [0.3, 0.4) is 0 Å². The molecule has 0 aliphatic heterocycles. The summed E-state index contributed by atoms with van der Waals surface area (Å²) in [5.74, 6) is 0. The van der Waals surface area contributed by atoms with Gasteiger partial charge in [-0.2, -0.15) is 0 Å². The van der Waals surface area contributed by atoms with Gasteiger partial charge in [-0.05, 0) is 0 Å². The quantitative estimate of drug-likeness (QED) is 0.473. The number of hydrogen-bond donors (Lipinski definition) is 0. The molecule has 0 aromatic heterocycles. The average Bonchev–Trinajstić information content (AvgIpc) is 2.29. The Hall–Kier alpha value is 0.903. The summed E-state index contributed by atoms with van der Waals surface area (Å²) in [4.78, 5) is 0. The zero-order chi connectivity index (χ0) is 8.72. The Morgan fingerprint density at radius 1 is 1.29 bits per heavy atom. The van der Waals surface area contributed by atoms with Crippen LogP contribution in [0.15, 0.2) is 28.7 Å². The molecule has 2 rings (SSSR count). The second-order valence-corrected chi connectivity index (χ2v) is 5.41. The van der Waals surface area contributed by atoms with Gasteiger partial charge in [-0.15, -0.1) is 0 Å². The Labute approximate surface area is 120 Å². The van der Waals surface area contributed by atoms with E-state index >= 15 is 0 Å². The summed E-state index contributed by atoms with van der Waals surface area (Å²) in [5.41, 5.74) is 4.32. The van der Waals surface area contributed by atoms with Crippen LogP contribution >= 0.6 is 15.9 Å². The molecule has 0 bridgehead atoms. The van der Waals surface area contributed by atoms with Crippen molar-refractivity contribution >= 4 is 21.5 Å². The van der Waals surface area contributed by atoms with Crippen LogP contribution in [0.2, 0.25) is 0 Å². The Bertz CT molecular complexity index is 363. The minimum atomic E-state index is 0. The summed E-state index contributed by atoms with van der Waals surface area (Å²) < 4.78 is 1.91. The summed E-state index contributed by atoms with van der Waals surface area (Å²) in [6.45, 7) is 2.19. The van der Waals surface area contributed by atoms with Crippen molar-refractivity contribution in [3.63, 3.8) is 0 Å². The Balaban J connectivity index is 0.000000845. The third-order valence-electron chi connectivity index (χ3n) is 2.19. The zero-order valence-electron chi connectivity index (χ0n) is 7.52. The number of rotatable bonds is 0. The van der Waals surface area contributed by atoms with Crippen molar-refractivity contribution in [3.05, 3.63) is 39.9 Å². The number of halogens is 3. The molecule has 0 amide bonds. The molecule has 1 atom stereocenters. The van der Waals surface area contributed by atoms with Crippen molar-refractivity contribution in [1.82, 2.24) is 0 Å². The number of allylic oxidation sites excluding steroid dienone is 2. The molecule has 0 N–H and O–H groups in total. The van der Waals surface area contributed by atoms with E-state index in [0.717, 1.165) is 0 Å². The molecule has 1 aromatic rings. The third-order valence-corrected chi connectivity index (χ3v) is 4.03. The first kappa shape index (κ1) is 14.9. The molecule has 0 spiro atoms. The molecule has 0 fully saturated rings. The zero-order valence-corrected chi connectivity index (χ0v) is 13.1. The van der Waals surface area contributed by atoms with E-state index in [1.165, 1.54) is 21.2 Å².